The van der Waals surface area contributed by atoms with E-state index in [2.05, 4.69) is 0 Å². The highest BCUT2D eigenvalue weighted by Gasteiger charge is 2.69. The molecule has 0 nitrogen and oxygen atoms in total. The molecule has 8 heteroatoms. The summed E-state index contributed by atoms with van der Waals surface area (Å²) >= 11 is 20.3. The maximum Gasteiger partial charge on any atom is 0.315 e. The van der Waals surface area contributed by atoms with Crippen molar-refractivity contribution in [1.82, 2.24) is 0 Å². The maximum absolute atomic E-state index is 13.9. The SMILES string of the molecule is FC(F)(Cc1ccccc1)C(Cl)(Cl)C(F)(F)C(Cl)Cl. The van der Waals surface area contributed by atoms with Crippen LogP contribution in [0.4, 0.5) is 17.6 Å². The van der Waals surface area contributed by atoms with Gasteiger partial charge in [0, 0.05) is 6.42 Å². The smallest absolute Gasteiger partial charge is 0.203 e. The molecule has 108 valence electrons. The quantitative estimate of drug-likeness (QED) is 0.483. The largest absolute Gasteiger partial charge is 0.315 e. The van der Waals surface area contributed by atoms with Crippen LogP contribution >= 0.6 is 46.4 Å². The fourth-order valence-electron chi connectivity index (χ4n) is 1.34. The lowest BCUT2D eigenvalue weighted by molar-refractivity contribution is -0.114. The summed E-state index contributed by atoms with van der Waals surface area (Å²) in [5.74, 6) is -8.50. The van der Waals surface area contributed by atoms with Crippen molar-refractivity contribution in [2.24, 2.45) is 0 Å². The second-order valence-electron chi connectivity index (χ2n) is 3.86. The van der Waals surface area contributed by atoms with Crippen molar-refractivity contribution in [3.05, 3.63) is 35.9 Å². The zero-order valence-corrected chi connectivity index (χ0v) is 12.2. The van der Waals surface area contributed by atoms with Crippen LogP contribution in [0.1, 0.15) is 5.56 Å². The Balaban J connectivity index is 3.05. The van der Waals surface area contributed by atoms with Gasteiger partial charge in [0.15, 0.2) is 4.84 Å². The highest BCUT2D eigenvalue weighted by Crippen LogP contribution is 2.53. The fourth-order valence-corrected chi connectivity index (χ4v) is 2.25. The first-order chi connectivity index (χ1) is 8.52. The Labute approximate surface area is 127 Å². The van der Waals surface area contributed by atoms with E-state index in [-0.39, 0.29) is 5.56 Å². The molecule has 0 atom stereocenters. The van der Waals surface area contributed by atoms with Crippen LogP contribution in [0.15, 0.2) is 30.3 Å². The normalized spacial score (nSPS) is 13.9. The molecule has 0 saturated carbocycles. The van der Waals surface area contributed by atoms with Crippen molar-refractivity contribution in [3.63, 3.8) is 0 Å². The molecule has 1 aromatic carbocycles. The molecule has 0 radical (unpaired) electrons. The van der Waals surface area contributed by atoms with Gasteiger partial charge in [0.1, 0.15) is 0 Å². The number of halogens is 8. The molecule has 1 rings (SSSR count). The average Bonchev–Trinajstić information content (AvgIpc) is 2.28. The molecule has 1 aromatic rings. The Morgan fingerprint density at radius 3 is 1.84 bits per heavy atom. The molecule has 0 saturated heterocycles. The van der Waals surface area contributed by atoms with Crippen LogP contribution in [-0.2, 0) is 6.42 Å². The Morgan fingerprint density at radius 2 is 1.42 bits per heavy atom. The molecule has 0 aliphatic carbocycles. The number of hydrogen-bond acceptors (Lipinski definition) is 0. The van der Waals surface area contributed by atoms with E-state index in [0.717, 1.165) is 0 Å². The molecule has 0 bridgehead atoms. The highest BCUT2D eigenvalue weighted by molar-refractivity contribution is 6.52. The van der Waals surface area contributed by atoms with E-state index in [1.165, 1.54) is 24.3 Å². The van der Waals surface area contributed by atoms with Crippen molar-refractivity contribution in [2.75, 3.05) is 0 Å². The van der Waals surface area contributed by atoms with E-state index < -0.39 is 27.4 Å². The van der Waals surface area contributed by atoms with E-state index in [4.69, 9.17) is 46.4 Å². The van der Waals surface area contributed by atoms with Gasteiger partial charge in [0.05, 0.1) is 0 Å². The summed E-state index contributed by atoms with van der Waals surface area (Å²) in [5, 5.41) is 0. The van der Waals surface area contributed by atoms with Gasteiger partial charge in [-0.05, 0) is 5.56 Å². The minimum Gasteiger partial charge on any atom is -0.203 e. The van der Waals surface area contributed by atoms with Crippen LogP contribution < -0.4 is 0 Å². The van der Waals surface area contributed by atoms with Crippen molar-refractivity contribution in [3.8, 4) is 0 Å². The molecule has 0 aliphatic heterocycles. The summed E-state index contributed by atoms with van der Waals surface area (Å²) in [6, 6.07) is 7.25. The lowest BCUT2D eigenvalue weighted by atomic mass is 10.0. The Morgan fingerprint density at radius 1 is 0.947 bits per heavy atom. The molecule has 0 amide bonds. The van der Waals surface area contributed by atoms with E-state index in [1.807, 2.05) is 0 Å². The Bertz CT molecular complexity index is 420. The number of hydrogen-bond donors (Lipinski definition) is 0. The van der Waals surface area contributed by atoms with Crippen molar-refractivity contribution < 1.29 is 17.6 Å². The summed E-state index contributed by atoms with van der Waals surface area (Å²) in [6.07, 6.45) is -1.06. The molecule has 0 heterocycles. The van der Waals surface area contributed by atoms with Crippen LogP contribution in [0.2, 0.25) is 0 Å². The van der Waals surface area contributed by atoms with Crippen molar-refractivity contribution >= 4 is 46.4 Å². The third kappa shape index (κ3) is 3.41. The van der Waals surface area contributed by atoms with E-state index in [9.17, 15) is 17.6 Å². The zero-order valence-electron chi connectivity index (χ0n) is 9.19. The number of alkyl halides is 8. The van der Waals surface area contributed by atoms with Crippen LogP contribution in [-0.4, -0.2) is 21.0 Å². The van der Waals surface area contributed by atoms with Crippen molar-refractivity contribution in [1.29, 1.82) is 0 Å². The van der Waals surface area contributed by atoms with Gasteiger partial charge < -0.3 is 0 Å². The molecular formula is C11H8Cl4F4. The van der Waals surface area contributed by atoms with Gasteiger partial charge >= 0.3 is 5.92 Å². The van der Waals surface area contributed by atoms with E-state index in [1.54, 1.807) is 6.07 Å². The lowest BCUT2D eigenvalue weighted by Crippen LogP contribution is -2.56. The standard InChI is InChI=1S/C11H8Cl4F4/c12-8(13)10(18,19)11(14,15)9(16,17)6-7-4-2-1-3-5-7/h1-5,8H,6H2. The number of benzene rings is 1. The molecule has 19 heavy (non-hydrogen) atoms. The molecule has 0 N–H and O–H groups in total. The maximum atomic E-state index is 13.9. The predicted octanol–water partition coefficient (Wildman–Crippen LogP) is 5.48. The minimum absolute atomic E-state index is 0.106. The molecule has 0 spiro atoms. The molecule has 0 unspecified atom stereocenters. The second kappa shape index (κ2) is 5.84. The third-order valence-electron chi connectivity index (χ3n) is 2.42. The van der Waals surface area contributed by atoms with Crippen LogP contribution in [0.3, 0.4) is 0 Å². The van der Waals surface area contributed by atoms with Crippen LogP contribution in [0.25, 0.3) is 0 Å². The third-order valence-corrected chi connectivity index (χ3v) is 4.03. The first-order valence-corrected chi connectivity index (χ1v) is 6.61. The molecule has 0 aromatic heterocycles. The Kier molecular flexibility index (Phi) is 5.27. The zero-order chi connectivity index (χ0) is 14.9. The van der Waals surface area contributed by atoms with Crippen LogP contribution in [0.5, 0.6) is 0 Å². The summed E-state index contributed by atoms with van der Waals surface area (Å²) in [7, 11) is 0. The molecule has 0 fully saturated rings. The summed E-state index contributed by atoms with van der Waals surface area (Å²) in [4.78, 5) is -2.45. The van der Waals surface area contributed by atoms with Gasteiger partial charge in [-0.3, -0.25) is 0 Å². The van der Waals surface area contributed by atoms with E-state index in [0.29, 0.717) is 0 Å². The summed E-state index contributed by atoms with van der Waals surface area (Å²) < 4.78 is 51.1. The van der Waals surface area contributed by atoms with Crippen molar-refractivity contribution in [2.45, 2.75) is 27.4 Å². The average molecular weight is 358 g/mol. The van der Waals surface area contributed by atoms with Gasteiger partial charge in [0.25, 0.3) is 5.92 Å². The highest BCUT2D eigenvalue weighted by atomic mass is 35.5. The van der Waals surface area contributed by atoms with E-state index >= 15 is 0 Å². The predicted molar refractivity (Wildman–Crippen MR) is 70.0 cm³/mol. The van der Waals surface area contributed by atoms with Gasteiger partial charge in [0.2, 0.25) is 4.33 Å². The Hall–Kier alpha value is 0.1000. The summed E-state index contributed by atoms with van der Waals surface area (Å²) in [6.45, 7) is 0. The van der Waals surface area contributed by atoms with Gasteiger partial charge in [-0.15, -0.1) is 0 Å². The van der Waals surface area contributed by atoms with Gasteiger partial charge in [-0.2, -0.15) is 8.78 Å². The van der Waals surface area contributed by atoms with Crippen LogP contribution in [0, 0.1) is 0 Å². The molecule has 0 aliphatic rings. The first kappa shape index (κ1) is 17.2. The lowest BCUT2D eigenvalue weighted by Gasteiger charge is -2.36. The minimum atomic E-state index is -4.38. The summed E-state index contributed by atoms with van der Waals surface area (Å²) in [5.41, 5.74) is 0.106. The number of rotatable bonds is 5. The monoisotopic (exact) mass is 356 g/mol. The van der Waals surface area contributed by atoms with Gasteiger partial charge in [-0.25, -0.2) is 8.78 Å². The van der Waals surface area contributed by atoms with Gasteiger partial charge in [-0.1, -0.05) is 76.7 Å². The topological polar surface area (TPSA) is 0 Å². The first-order valence-electron chi connectivity index (χ1n) is 4.98. The molecular weight excluding hydrogens is 350 g/mol. The fraction of sp³-hybridized carbons (Fsp3) is 0.455. The second-order valence-corrected chi connectivity index (χ2v) is 6.29.